The lowest BCUT2D eigenvalue weighted by molar-refractivity contribution is -0.143. The molecule has 0 unspecified atom stereocenters. The maximum absolute atomic E-state index is 13.4. The van der Waals surface area contributed by atoms with E-state index >= 15 is 0 Å². The Morgan fingerprint density at radius 1 is 0.596 bits per heavy atom. The van der Waals surface area contributed by atoms with Crippen molar-refractivity contribution in [2.75, 3.05) is 26.3 Å². The van der Waals surface area contributed by atoms with Gasteiger partial charge < -0.3 is 80.6 Å². The average Bonchev–Trinajstić information content (AvgIpc) is 3.12. The Morgan fingerprint density at radius 3 is 1.60 bits per heavy atom. The molecule has 0 aliphatic heterocycles. The molecule has 0 rings (SSSR count). The second-order valence-electron chi connectivity index (χ2n) is 13.4. The second-order valence-corrected chi connectivity index (χ2v) is 13.4. The summed E-state index contributed by atoms with van der Waals surface area (Å²) in [4.78, 5) is 125. The lowest BCUT2D eigenvalue weighted by Crippen LogP contribution is -2.61. The van der Waals surface area contributed by atoms with Crippen LogP contribution in [0.25, 0.3) is 0 Å². The molecule has 0 aliphatic rings. The quantitative estimate of drug-likeness (QED) is 0.0326. The van der Waals surface area contributed by atoms with E-state index in [9.17, 15) is 63.3 Å². The zero-order valence-electron chi connectivity index (χ0n) is 31.9. The van der Waals surface area contributed by atoms with Crippen LogP contribution < -0.4 is 60.2 Å². The molecule has 0 aliphatic carbocycles. The molecular weight excluding hydrogens is 762 g/mol. The highest BCUT2D eigenvalue weighted by atomic mass is 16.4. The zero-order valence-corrected chi connectivity index (χ0v) is 31.9. The Morgan fingerprint density at radius 2 is 1.11 bits per heavy atom. The molecule has 0 aromatic heterocycles. The minimum atomic E-state index is -1.81. The van der Waals surface area contributed by atoms with Gasteiger partial charge in [0.15, 0.2) is 0 Å². The number of hydrogen-bond acceptors (Lipinski definition) is 15. The van der Waals surface area contributed by atoms with Crippen molar-refractivity contribution >= 4 is 59.1 Å². The predicted octanol–water partition coefficient (Wildman–Crippen LogP) is -8.29. The van der Waals surface area contributed by atoms with Crippen molar-refractivity contribution in [3.05, 3.63) is 0 Å². The molecule has 57 heavy (non-hydrogen) atoms. The van der Waals surface area contributed by atoms with E-state index in [0.29, 0.717) is 12.8 Å². The summed E-state index contributed by atoms with van der Waals surface area (Å²) in [6, 6.07) is -11.1. The molecule has 0 heterocycles. The van der Waals surface area contributed by atoms with Crippen LogP contribution in [0.15, 0.2) is 0 Å². The van der Waals surface area contributed by atoms with Gasteiger partial charge in [-0.2, -0.15) is 0 Å². The van der Waals surface area contributed by atoms with Crippen molar-refractivity contribution in [3.63, 3.8) is 0 Å². The molecule has 0 saturated heterocycles. The van der Waals surface area contributed by atoms with E-state index in [1.54, 1.807) is 13.8 Å². The minimum Gasteiger partial charge on any atom is -0.480 e. The van der Waals surface area contributed by atoms with Crippen LogP contribution in [-0.4, -0.2) is 154 Å². The lowest BCUT2D eigenvalue weighted by Gasteiger charge is -2.26. The Kier molecular flexibility index (Phi) is 23.8. The van der Waals surface area contributed by atoms with Gasteiger partial charge in [-0.1, -0.05) is 13.8 Å². The lowest BCUT2D eigenvalue weighted by atomic mass is 10.0. The summed E-state index contributed by atoms with van der Waals surface area (Å²) in [5, 5.41) is 53.7. The molecule has 19 N–H and O–H groups in total. The number of unbranched alkanes of at least 4 members (excludes halogenated alkanes) is 1. The number of hydrogen-bond donors (Lipinski definition) is 15. The summed E-state index contributed by atoms with van der Waals surface area (Å²) in [6.07, 6.45) is -2.34. The van der Waals surface area contributed by atoms with Gasteiger partial charge in [-0.3, -0.25) is 43.2 Å². The normalized spacial score (nSPS) is 15.2. The summed E-state index contributed by atoms with van der Waals surface area (Å²) < 4.78 is 0. The largest absolute Gasteiger partial charge is 0.480 e. The SMILES string of the molecule is CC(C)C[C@H](NC(=O)CNC(=O)[C@H](CO)NC(=O)[C@H](CC(N)=O)NC(=O)[C@@H](NC(=O)[C@@H](N)CO)[C@@H](C)O)C(=O)N[C@@H](CCCCN)C(=O)N[C@@H](CC(N)=O)C(=O)O. The van der Waals surface area contributed by atoms with E-state index in [1.807, 2.05) is 0 Å². The molecule has 9 amide bonds. The Hall–Kier alpha value is -5.50. The topological polar surface area (TPSA) is 440 Å². The third kappa shape index (κ3) is 20.3. The van der Waals surface area contributed by atoms with Crippen LogP contribution in [0.4, 0.5) is 0 Å². The number of carbonyl (C=O) groups excluding carboxylic acids is 9. The molecule has 0 fully saturated rings. The molecule has 0 spiro atoms. The number of nitrogens with two attached hydrogens (primary N) is 4. The first-order chi connectivity index (χ1) is 26.6. The number of nitrogens with one attached hydrogen (secondary N) is 7. The van der Waals surface area contributed by atoms with E-state index in [0.717, 1.165) is 6.92 Å². The summed E-state index contributed by atoms with van der Waals surface area (Å²) >= 11 is 0. The van der Waals surface area contributed by atoms with Crippen molar-refractivity contribution in [2.24, 2.45) is 28.9 Å². The monoisotopic (exact) mass is 819 g/mol. The molecule has 0 radical (unpaired) electrons. The number of rotatable bonds is 28. The van der Waals surface area contributed by atoms with Crippen LogP contribution in [0.1, 0.15) is 59.3 Å². The average molecular weight is 820 g/mol. The maximum Gasteiger partial charge on any atom is 0.326 e. The number of aliphatic carboxylic acids is 1. The van der Waals surface area contributed by atoms with Crippen LogP contribution >= 0.6 is 0 Å². The maximum atomic E-state index is 13.4. The number of primary amides is 2. The van der Waals surface area contributed by atoms with E-state index in [1.165, 1.54) is 0 Å². The molecule has 25 nitrogen and oxygen atoms in total. The van der Waals surface area contributed by atoms with Gasteiger partial charge in [-0.15, -0.1) is 0 Å². The third-order valence-corrected chi connectivity index (χ3v) is 7.83. The number of aliphatic hydroxyl groups excluding tert-OH is 3. The number of carboxylic acids is 1. The molecule has 0 aromatic rings. The zero-order chi connectivity index (χ0) is 44.0. The number of aliphatic hydroxyl groups is 3. The fourth-order valence-corrected chi connectivity index (χ4v) is 4.83. The van der Waals surface area contributed by atoms with Crippen LogP contribution in [0.5, 0.6) is 0 Å². The van der Waals surface area contributed by atoms with Crippen LogP contribution in [-0.2, 0) is 47.9 Å². The fourth-order valence-electron chi connectivity index (χ4n) is 4.83. The van der Waals surface area contributed by atoms with E-state index in [4.69, 9.17) is 28.0 Å². The second kappa shape index (κ2) is 26.4. The van der Waals surface area contributed by atoms with Crippen molar-refractivity contribution in [1.29, 1.82) is 0 Å². The first-order valence-corrected chi connectivity index (χ1v) is 17.8. The minimum absolute atomic E-state index is 0.00533. The molecule has 8 atom stereocenters. The van der Waals surface area contributed by atoms with E-state index in [-0.39, 0.29) is 25.3 Å². The Bertz CT molecular complexity index is 1430. The molecule has 324 valence electrons. The summed E-state index contributed by atoms with van der Waals surface area (Å²) in [5.41, 5.74) is 21.2. The molecule has 0 aromatic carbocycles. The first-order valence-electron chi connectivity index (χ1n) is 17.8. The van der Waals surface area contributed by atoms with Crippen molar-refractivity contribution < 1.29 is 68.4 Å². The number of carboxylic acid groups (broad SMARTS) is 1. The fraction of sp³-hybridized carbons (Fsp3) is 0.688. The van der Waals surface area contributed by atoms with Gasteiger partial charge in [-0.25, -0.2) is 4.79 Å². The van der Waals surface area contributed by atoms with Crippen molar-refractivity contribution in [3.8, 4) is 0 Å². The summed E-state index contributed by atoms with van der Waals surface area (Å²) in [7, 11) is 0. The van der Waals surface area contributed by atoms with Gasteiger partial charge in [0.25, 0.3) is 0 Å². The van der Waals surface area contributed by atoms with Gasteiger partial charge >= 0.3 is 5.97 Å². The van der Waals surface area contributed by atoms with Crippen molar-refractivity contribution in [1.82, 2.24) is 37.2 Å². The van der Waals surface area contributed by atoms with E-state index in [2.05, 4.69) is 37.2 Å². The highest BCUT2D eigenvalue weighted by molar-refractivity contribution is 5.98. The molecule has 25 heteroatoms. The number of amides is 9. The van der Waals surface area contributed by atoms with Crippen LogP contribution in [0.2, 0.25) is 0 Å². The van der Waals surface area contributed by atoms with Gasteiger partial charge in [0.1, 0.15) is 42.3 Å². The smallest absolute Gasteiger partial charge is 0.326 e. The highest BCUT2D eigenvalue weighted by Crippen LogP contribution is 2.08. The van der Waals surface area contributed by atoms with Crippen molar-refractivity contribution in [2.45, 2.75) is 108 Å². The summed E-state index contributed by atoms with van der Waals surface area (Å²) in [6.45, 7) is 2.12. The van der Waals surface area contributed by atoms with Gasteiger partial charge in [0.05, 0.1) is 38.7 Å². The van der Waals surface area contributed by atoms with Crippen LogP contribution in [0.3, 0.4) is 0 Å². The molecular formula is C32H57N11O14. The van der Waals surface area contributed by atoms with E-state index < -0.39 is 140 Å². The van der Waals surface area contributed by atoms with Gasteiger partial charge in [0, 0.05) is 0 Å². The predicted molar refractivity (Wildman–Crippen MR) is 196 cm³/mol. The number of carbonyl (C=O) groups is 10. The third-order valence-electron chi connectivity index (χ3n) is 7.83. The van der Waals surface area contributed by atoms with Crippen LogP contribution in [0, 0.1) is 5.92 Å². The Balaban J connectivity index is 5.80. The highest BCUT2D eigenvalue weighted by Gasteiger charge is 2.34. The Labute approximate surface area is 327 Å². The first kappa shape index (κ1) is 51.5. The summed E-state index contributed by atoms with van der Waals surface area (Å²) in [5.74, 6) is -11.2. The molecule has 0 saturated carbocycles. The molecule has 0 bridgehead atoms. The standard InChI is InChI=1S/C32H57N11O14/c1-14(2)8-18(29(53)39-17(6-4-5-7-33)28(52)41-20(32(56)57)10-23(36)48)38-24(49)11-37-27(51)21(13-45)42-30(54)19(9-22(35)47)40-31(55)25(15(3)46)43-26(50)16(34)12-44/h14-21,25,44-46H,4-13,33-34H2,1-3H3,(H2,35,47)(H2,36,48)(H,37,51)(H,38,49)(H,39,53)(H,40,55)(H,41,52)(H,42,54)(H,43,50)(H,56,57)/t15-,16+,17+,18+,19+,20+,21+,25+/m1/s1. The van der Waals surface area contributed by atoms with Gasteiger partial charge in [-0.05, 0) is 45.1 Å². The van der Waals surface area contributed by atoms with Gasteiger partial charge in [0.2, 0.25) is 53.2 Å².